The largest absolute Gasteiger partial charge is 0.394 e. The molecule has 136 valence electrons. The first-order valence-corrected chi connectivity index (χ1v) is 9.46. The van der Waals surface area contributed by atoms with E-state index >= 15 is 0 Å². The van der Waals surface area contributed by atoms with E-state index in [2.05, 4.69) is 48.5 Å². The summed E-state index contributed by atoms with van der Waals surface area (Å²) in [6, 6.07) is 21.8. The lowest BCUT2D eigenvalue weighted by atomic mass is 10.1. The predicted molar refractivity (Wildman–Crippen MR) is 97.7 cm³/mol. The SMILES string of the molecule is N[C@H]1C[C@H]1c1ccccc1.N[C@H]1C[C@H]1c1ccccc1.O=S(=O)(O)O. The van der Waals surface area contributed by atoms with Crippen molar-refractivity contribution in [1.29, 1.82) is 0 Å². The second-order valence-electron chi connectivity index (χ2n) is 6.28. The van der Waals surface area contributed by atoms with Crippen molar-refractivity contribution in [3.05, 3.63) is 71.8 Å². The van der Waals surface area contributed by atoms with Gasteiger partial charge in [0.15, 0.2) is 0 Å². The molecule has 0 radical (unpaired) electrons. The minimum absolute atomic E-state index is 0.433. The van der Waals surface area contributed by atoms with Crippen LogP contribution in [0, 0.1) is 0 Å². The molecule has 2 aromatic carbocycles. The summed E-state index contributed by atoms with van der Waals surface area (Å²) in [5.74, 6) is 1.31. The number of rotatable bonds is 2. The Morgan fingerprint density at radius 2 is 0.960 bits per heavy atom. The minimum Gasteiger partial charge on any atom is -0.327 e. The van der Waals surface area contributed by atoms with Gasteiger partial charge in [0.25, 0.3) is 0 Å². The Bertz CT molecular complexity index is 694. The topological polar surface area (TPSA) is 127 Å². The van der Waals surface area contributed by atoms with E-state index in [4.69, 9.17) is 29.0 Å². The summed E-state index contributed by atoms with van der Waals surface area (Å²) in [7, 11) is -4.67. The Morgan fingerprint density at radius 3 is 1.16 bits per heavy atom. The fourth-order valence-corrected chi connectivity index (χ4v) is 2.60. The summed E-state index contributed by atoms with van der Waals surface area (Å²) < 4.78 is 31.6. The normalized spacial score (nSPS) is 26.4. The van der Waals surface area contributed by atoms with Gasteiger partial charge in [-0.05, 0) is 24.0 Å². The van der Waals surface area contributed by atoms with Crippen LogP contribution in [0.1, 0.15) is 35.8 Å². The fraction of sp³-hybridized carbons (Fsp3) is 0.333. The van der Waals surface area contributed by atoms with Crippen LogP contribution in [0.5, 0.6) is 0 Å². The fourth-order valence-electron chi connectivity index (χ4n) is 2.60. The molecule has 0 aromatic heterocycles. The Balaban J connectivity index is 0.000000144. The molecule has 2 aromatic rings. The first-order valence-electron chi connectivity index (χ1n) is 8.06. The average molecular weight is 364 g/mol. The van der Waals surface area contributed by atoms with Gasteiger partial charge in [-0.15, -0.1) is 0 Å². The van der Waals surface area contributed by atoms with Gasteiger partial charge in [-0.2, -0.15) is 8.42 Å². The van der Waals surface area contributed by atoms with E-state index in [-0.39, 0.29) is 0 Å². The van der Waals surface area contributed by atoms with Crippen molar-refractivity contribution in [1.82, 2.24) is 0 Å². The third kappa shape index (κ3) is 7.76. The van der Waals surface area contributed by atoms with Gasteiger partial charge >= 0.3 is 10.4 Å². The van der Waals surface area contributed by atoms with Crippen LogP contribution < -0.4 is 11.5 Å². The summed E-state index contributed by atoms with van der Waals surface area (Å²) in [5, 5.41) is 0. The van der Waals surface area contributed by atoms with Crippen LogP contribution in [-0.4, -0.2) is 29.6 Å². The van der Waals surface area contributed by atoms with Gasteiger partial charge < -0.3 is 11.5 Å². The molecular weight excluding hydrogens is 340 g/mol. The van der Waals surface area contributed by atoms with Crippen molar-refractivity contribution in [2.75, 3.05) is 0 Å². The van der Waals surface area contributed by atoms with Crippen molar-refractivity contribution in [3.63, 3.8) is 0 Å². The first-order chi connectivity index (χ1) is 11.8. The van der Waals surface area contributed by atoms with E-state index < -0.39 is 10.4 Å². The highest BCUT2D eigenvalue weighted by Gasteiger charge is 2.34. The number of benzene rings is 2. The molecule has 7 heteroatoms. The quantitative estimate of drug-likeness (QED) is 0.606. The molecule has 4 atom stereocenters. The zero-order valence-electron chi connectivity index (χ0n) is 13.8. The molecule has 25 heavy (non-hydrogen) atoms. The van der Waals surface area contributed by atoms with Crippen molar-refractivity contribution >= 4 is 10.4 Å². The van der Waals surface area contributed by atoms with E-state index in [1.54, 1.807) is 0 Å². The predicted octanol–water partition coefficient (Wildman–Crippen LogP) is 2.35. The van der Waals surface area contributed by atoms with E-state index in [0.717, 1.165) is 0 Å². The highest BCUT2D eigenvalue weighted by molar-refractivity contribution is 7.79. The van der Waals surface area contributed by atoms with Crippen molar-refractivity contribution in [3.8, 4) is 0 Å². The average Bonchev–Trinajstić information content (AvgIpc) is 3.47. The maximum atomic E-state index is 8.74. The summed E-state index contributed by atoms with van der Waals surface area (Å²) in [6.45, 7) is 0. The summed E-state index contributed by atoms with van der Waals surface area (Å²) in [4.78, 5) is 0. The molecule has 2 saturated carbocycles. The third-order valence-electron chi connectivity index (χ3n) is 4.14. The molecular formula is C18H24N2O4S. The molecule has 2 aliphatic rings. The van der Waals surface area contributed by atoms with Crippen LogP contribution in [-0.2, 0) is 10.4 Å². The monoisotopic (exact) mass is 364 g/mol. The third-order valence-corrected chi connectivity index (χ3v) is 4.14. The van der Waals surface area contributed by atoms with Crippen molar-refractivity contribution < 1.29 is 17.5 Å². The molecule has 0 bridgehead atoms. The van der Waals surface area contributed by atoms with Crippen molar-refractivity contribution in [2.45, 2.75) is 36.8 Å². The highest BCUT2D eigenvalue weighted by atomic mass is 32.3. The number of hydrogen-bond donors (Lipinski definition) is 4. The second-order valence-corrected chi connectivity index (χ2v) is 7.18. The maximum Gasteiger partial charge on any atom is 0.394 e. The number of nitrogens with two attached hydrogens (primary N) is 2. The molecule has 0 spiro atoms. The molecule has 6 nitrogen and oxygen atoms in total. The smallest absolute Gasteiger partial charge is 0.327 e. The first kappa shape index (κ1) is 19.6. The van der Waals surface area contributed by atoms with Crippen LogP contribution in [0.3, 0.4) is 0 Å². The van der Waals surface area contributed by atoms with Crippen LogP contribution in [0.2, 0.25) is 0 Å². The molecule has 4 rings (SSSR count). The van der Waals surface area contributed by atoms with Crippen LogP contribution in [0.15, 0.2) is 60.7 Å². The standard InChI is InChI=1S/2C9H11N.H2O4S/c2*10-9-6-8(9)7-4-2-1-3-5-7;1-5(2,3)4/h2*1-5,8-9H,6,10H2;(H2,1,2,3,4)/t2*8-,9-;/m00./s1. The Hall–Kier alpha value is -1.77. The van der Waals surface area contributed by atoms with E-state index in [9.17, 15) is 0 Å². The zero-order valence-corrected chi connectivity index (χ0v) is 14.6. The van der Waals surface area contributed by atoms with E-state index in [1.165, 1.54) is 24.0 Å². The molecule has 0 aliphatic heterocycles. The highest BCUT2D eigenvalue weighted by Crippen LogP contribution is 2.39. The molecule has 2 aliphatic carbocycles. The Labute approximate surface area is 148 Å². The molecule has 0 amide bonds. The lowest BCUT2D eigenvalue weighted by molar-refractivity contribution is 0.381. The van der Waals surface area contributed by atoms with Gasteiger partial charge in [0.05, 0.1) is 0 Å². The van der Waals surface area contributed by atoms with E-state index in [1.807, 2.05) is 12.1 Å². The lowest BCUT2D eigenvalue weighted by Gasteiger charge is -1.94. The Kier molecular flexibility index (Phi) is 6.69. The molecule has 2 fully saturated rings. The molecule has 0 heterocycles. The maximum absolute atomic E-state index is 8.74. The van der Waals surface area contributed by atoms with Gasteiger partial charge in [0.2, 0.25) is 0 Å². The second kappa shape index (κ2) is 8.55. The minimum atomic E-state index is -4.67. The lowest BCUT2D eigenvalue weighted by Crippen LogP contribution is -2.00. The number of hydrogen-bond acceptors (Lipinski definition) is 4. The van der Waals surface area contributed by atoms with Crippen molar-refractivity contribution in [2.24, 2.45) is 11.5 Å². The van der Waals surface area contributed by atoms with Gasteiger partial charge in [0.1, 0.15) is 0 Å². The van der Waals surface area contributed by atoms with Gasteiger partial charge in [-0.25, -0.2) is 0 Å². The molecule has 0 unspecified atom stereocenters. The summed E-state index contributed by atoms with van der Waals surface area (Å²) >= 11 is 0. The van der Waals surface area contributed by atoms with Crippen LogP contribution in [0.25, 0.3) is 0 Å². The molecule has 0 saturated heterocycles. The summed E-state index contributed by atoms with van der Waals surface area (Å²) in [5.41, 5.74) is 14.2. The van der Waals surface area contributed by atoms with Gasteiger partial charge in [-0.1, -0.05) is 60.7 Å². The van der Waals surface area contributed by atoms with Crippen LogP contribution in [0.4, 0.5) is 0 Å². The van der Waals surface area contributed by atoms with Crippen LogP contribution >= 0.6 is 0 Å². The van der Waals surface area contributed by atoms with Gasteiger partial charge in [0, 0.05) is 23.9 Å². The molecule has 6 N–H and O–H groups in total. The Morgan fingerprint density at radius 1 is 0.720 bits per heavy atom. The zero-order chi connectivity index (χ0) is 18.4. The summed E-state index contributed by atoms with van der Waals surface area (Å²) in [6.07, 6.45) is 2.34. The van der Waals surface area contributed by atoms with Gasteiger partial charge in [-0.3, -0.25) is 9.11 Å². The van der Waals surface area contributed by atoms with E-state index in [0.29, 0.717) is 23.9 Å².